The van der Waals surface area contributed by atoms with Crippen LogP contribution in [0.15, 0.2) is 18.2 Å². The Kier molecular flexibility index (Phi) is 7.34. The summed E-state index contributed by atoms with van der Waals surface area (Å²) < 4.78 is 11.2. The minimum atomic E-state index is 0.281. The Morgan fingerprint density at radius 2 is 2.00 bits per heavy atom. The molecule has 0 aliphatic rings. The first-order valence-corrected chi connectivity index (χ1v) is 7.21. The summed E-state index contributed by atoms with van der Waals surface area (Å²) in [5.74, 6) is 0.840. The Labute approximate surface area is 117 Å². The number of ether oxygens (including phenoxy) is 2. The first kappa shape index (κ1) is 15.8. The van der Waals surface area contributed by atoms with E-state index in [1.54, 1.807) is 7.11 Å². The highest BCUT2D eigenvalue weighted by Gasteiger charge is 2.07. The van der Waals surface area contributed by atoms with Crippen LogP contribution in [-0.2, 0) is 11.3 Å². The van der Waals surface area contributed by atoms with Crippen molar-refractivity contribution in [1.29, 1.82) is 0 Å². The van der Waals surface area contributed by atoms with E-state index in [-0.39, 0.29) is 6.10 Å². The van der Waals surface area contributed by atoms with Gasteiger partial charge in [-0.15, -0.1) is 0 Å². The van der Waals surface area contributed by atoms with Crippen LogP contribution in [0.4, 0.5) is 5.69 Å². The quantitative estimate of drug-likeness (QED) is 0.539. The largest absolute Gasteiger partial charge is 0.496 e. The lowest BCUT2D eigenvalue weighted by molar-refractivity contribution is 0.0448. The highest BCUT2D eigenvalue weighted by Crippen LogP contribution is 2.22. The summed E-state index contributed by atoms with van der Waals surface area (Å²) >= 11 is 0. The van der Waals surface area contributed by atoms with Crippen LogP contribution in [0.3, 0.4) is 0 Å². The Bertz CT molecular complexity index is 366. The molecule has 3 heteroatoms. The Morgan fingerprint density at radius 1 is 1.21 bits per heavy atom. The van der Waals surface area contributed by atoms with Crippen molar-refractivity contribution in [2.24, 2.45) is 0 Å². The molecule has 0 aromatic heterocycles. The lowest BCUT2D eigenvalue weighted by Crippen LogP contribution is -2.09. The number of methoxy groups -OCH3 is 1. The molecular weight excluding hydrogens is 238 g/mol. The maximum absolute atomic E-state index is 5.87. The fourth-order valence-corrected chi connectivity index (χ4v) is 2.09. The van der Waals surface area contributed by atoms with Crippen molar-refractivity contribution < 1.29 is 9.47 Å². The maximum atomic E-state index is 5.87. The smallest absolute Gasteiger partial charge is 0.124 e. The van der Waals surface area contributed by atoms with Crippen LogP contribution in [-0.4, -0.2) is 13.2 Å². The van der Waals surface area contributed by atoms with Crippen molar-refractivity contribution in [1.82, 2.24) is 0 Å². The lowest BCUT2D eigenvalue weighted by Gasteiger charge is -2.15. The molecule has 0 aliphatic carbocycles. The van der Waals surface area contributed by atoms with Gasteiger partial charge in [0.2, 0.25) is 0 Å². The third kappa shape index (κ3) is 5.97. The number of benzene rings is 1. The summed E-state index contributed by atoms with van der Waals surface area (Å²) in [6, 6.07) is 5.65. The summed E-state index contributed by atoms with van der Waals surface area (Å²) in [4.78, 5) is 0. The monoisotopic (exact) mass is 265 g/mol. The van der Waals surface area contributed by atoms with Gasteiger partial charge in [0, 0.05) is 11.3 Å². The molecule has 0 heterocycles. The van der Waals surface area contributed by atoms with Crippen LogP contribution >= 0.6 is 0 Å². The zero-order valence-corrected chi connectivity index (χ0v) is 12.4. The van der Waals surface area contributed by atoms with E-state index in [9.17, 15) is 0 Å². The third-order valence-corrected chi connectivity index (χ3v) is 3.29. The van der Waals surface area contributed by atoms with Crippen molar-refractivity contribution in [2.75, 3.05) is 12.8 Å². The molecule has 0 saturated carbocycles. The highest BCUT2D eigenvalue weighted by molar-refractivity contribution is 5.47. The molecule has 1 aromatic rings. The summed E-state index contributed by atoms with van der Waals surface area (Å²) in [6.45, 7) is 4.92. The molecule has 1 unspecified atom stereocenters. The van der Waals surface area contributed by atoms with Gasteiger partial charge < -0.3 is 15.2 Å². The average molecular weight is 265 g/mol. The average Bonchev–Trinajstić information content (AvgIpc) is 2.41. The van der Waals surface area contributed by atoms with E-state index >= 15 is 0 Å². The first-order valence-electron chi connectivity index (χ1n) is 7.21. The van der Waals surface area contributed by atoms with Gasteiger partial charge in [-0.25, -0.2) is 0 Å². The minimum absolute atomic E-state index is 0.281. The Hall–Kier alpha value is -1.22. The molecule has 0 spiro atoms. The van der Waals surface area contributed by atoms with E-state index in [2.05, 4.69) is 13.8 Å². The number of hydrogen-bond acceptors (Lipinski definition) is 3. The molecule has 0 bridgehead atoms. The lowest BCUT2D eigenvalue weighted by atomic mass is 10.1. The standard InChI is InChI=1S/C16H27NO2/c1-4-5-6-7-8-13(2)19-12-14-11-15(17)9-10-16(14)18-3/h9-11,13H,4-8,12,17H2,1-3H3. The maximum Gasteiger partial charge on any atom is 0.124 e. The zero-order valence-electron chi connectivity index (χ0n) is 12.4. The van der Waals surface area contributed by atoms with Crippen LogP contribution < -0.4 is 10.5 Å². The summed E-state index contributed by atoms with van der Waals surface area (Å²) in [7, 11) is 1.67. The summed E-state index contributed by atoms with van der Waals surface area (Å²) in [5, 5.41) is 0. The fraction of sp³-hybridized carbons (Fsp3) is 0.625. The van der Waals surface area contributed by atoms with Crippen molar-refractivity contribution in [3.05, 3.63) is 23.8 Å². The second kappa shape index (κ2) is 8.81. The zero-order chi connectivity index (χ0) is 14.1. The van der Waals surface area contributed by atoms with Gasteiger partial charge in [-0.05, 0) is 31.5 Å². The number of hydrogen-bond donors (Lipinski definition) is 1. The number of rotatable bonds is 9. The molecule has 2 N–H and O–H groups in total. The number of nitrogens with two attached hydrogens (primary N) is 1. The van der Waals surface area contributed by atoms with Crippen LogP contribution in [0.1, 0.15) is 51.5 Å². The molecule has 0 amide bonds. The van der Waals surface area contributed by atoms with E-state index in [0.717, 1.165) is 23.4 Å². The van der Waals surface area contributed by atoms with Gasteiger partial charge in [-0.3, -0.25) is 0 Å². The van der Waals surface area contributed by atoms with E-state index in [1.165, 1.54) is 25.7 Å². The number of nitrogen functional groups attached to an aromatic ring is 1. The number of anilines is 1. The van der Waals surface area contributed by atoms with Crippen molar-refractivity contribution in [3.63, 3.8) is 0 Å². The van der Waals surface area contributed by atoms with Crippen LogP contribution in [0.2, 0.25) is 0 Å². The minimum Gasteiger partial charge on any atom is -0.496 e. The molecule has 0 saturated heterocycles. The van der Waals surface area contributed by atoms with E-state index in [1.807, 2.05) is 18.2 Å². The van der Waals surface area contributed by atoms with Crippen molar-refractivity contribution in [2.45, 2.75) is 58.7 Å². The SMILES string of the molecule is CCCCCCC(C)OCc1cc(N)ccc1OC. The molecule has 1 rings (SSSR count). The highest BCUT2D eigenvalue weighted by atomic mass is 16.5. The predicted octanol–water partition coefficient (Wildman–Crippen LogP) is 4.15. The van der Waals surface area contributed by atoms with Crippen LogP contribution in [0, 0.1) is 0 Å². The van der Waals surface area contributed by atoms with Gasteiger partial charge in [-0.2, -0.15) is 0 Å². The fourth-order valence-electron chi connectivity index (χ4n) is 2.09. The Morgan fingerprint density at radius 3 is 2.68 bits per heavy atom. The van der Waals surface area contributed by atoms with Gasteiger partial charge >= 0.3 is 0 Å². The predicted molar refractivity (Wildman–Crippen MR) is 80.4 cm³/mol. The first-order chi connectivity index (χ1) is 9.17. The molecule has 0 aliphatic heterocycles. The molecule has 108 valence electrons. The van der Waals surface area contributed by atoms with Crippen LogP contribution in [0.5, 0.6) is 5.75 Å². The molecule has 3 nitrogen and oxygen atoms in total. The van der Waals surface area contributed by atoms with Gasteiger partial charge in [0.05, 0.1) is 19.8 Å². The normalized spacial score (nSPS) is 12.4. The third-order valence-electron chi connectivity index (χ3n) is 3.29. The van der Waals surface area contributed by atoms with Gasteiger partial charge in [0.15, 0.2) is 0 Å². The second-order valence-electron chi connectivity index (χ2n) is 5.04. The summed E-state index contributed by atoms with van der Waals surface area (Å²) in [6.07, 6.45) is 6.52. The molecule has 0 fully saturated rings. The molecule has 19 heavy (non-hydrogen) atoms. The Balaban J connectivity index is 2.36. The van der Waals surface area contributed by atoms with E-state index < -0.39 is 0 Å². The molecule has 1 atom stereocenters. The van der Waals surface area contributed by atoms with E-state index in [0.29, 0.717) is 6.61 Å². The summed E-state index contributed by atoms with van der Waals surface area (Å²) in [5.41, 5.74) is 7.55. The topological polar surface area (TPSA) is 44.5 Å². The van der Waals surface area contributed by atoms with Crippen molar-refractivity contribution >= 4 is 5.69 Å². The second-order valence-corrected chi connectivity index (χ2v) is 5.04. The van der Waals surface area contributed by atoms with Crippen LogP contribution in [0.25, 0.3) is 0 Å². The number of unbranched alkanes of at least 4 members (excludes halogenated alkanes) is 3. The molecule has 0 radical (unpaired) electrons. The van der Waals surface area contributed by atoms with Gasteiger partial charge in [-0.1, -0.05) is 32.6 Å². The van der Waals surface area contributed by atoms with Gasteiger partial charge in [0.25, 0.3) is 0 Å². The van der Waals surface area contributed by atoms with Gasteiger partial charge in [0.1, 0.15) is 5.75 Å². The molecule has 1 aromatic carbocycles. The van der Waals surface area contributed by atoms with Crippen molar-refractivity contribution in [3.8, 4) is 5.75 Å². The van der Waals surface area contributed by atoms with E-state index in [4.69, 9.17) is 15.2 Å². The molecular formula is C16H27NO2.